The summed E-state index contributed by atoms with van der Waals surface area (Å²) in [7, 11) is 0. The van der Waals surface area contributed by atoms with Gasteiger partial charge in [-0.3, -0.25) is 14.4 Å². The number of rotatable bonds is 4. The number of hydrogen-bond acceptors (Lipinski definition) is 5. The van der Waals surface area contributed by atoms with Crippen LogP contribution in [0.2, 0.25) is 0 Å². The summed E-state index contributed by atoms with van der Waals surface area (Å²) in [4.78, 5) is 34.9. The van der Waals surface area contributed by atoms with Gasteiger partial charge in [0.2, 0.25) is 5.91 Å². The van der Waals surface area contributed by atoms with Gasteiger partial charge in [0, 0.05) is 16.1 Å². The molecule has 0 saturated heterocycles. The number of hydrogen-bond donors (Lipinski definition) is 3. The number of nitrogens with zero attached hydrogens (tertiary/aromatic N) is 1. The summed E-state index contributed by atoms with van der Waals surface area (Å²) in [5.41, 5.74) is 7.90. The first-order valence-corrected chi connectivity index (χ1v) is 7.02. The normalized spacial score (nSPS) is 10.4. The molecule has 0 saturated carbocycles. The number of carbonyl (C=O) groups is 3. The minimum absolute atomic E-state index is 0.308. The molecule has 2 rings (SSSR count). The first-order valence-electron chi connectivity index (χ1n) is 6.14. The van der Waals surface area contributed by atoms with Crippen molar-refractivity contribution in [2.45, 2.75) is 0 Å². The molecule has 0 radical (unpaired) electrons. The van der Waals surface area contributed by atoms with Gasteiger partial charge in [0.1, 0.15) is 0 Å². The van der Waals surface area contributed by atoms with Crippen molar-refractivity contribution < 1.29 is 14.4 Å². The molecule has 3 amide bonds. The zero-order chi connectivity index (χ0) is 15.9. The zero-order valence-corrected chi connectivity index (χ0v) is 12.1. The Morgan fingerprint density at radius 3 is 2.41 bits per heavy atom. The van der Waals surface area contributed by atoms with Gasteiger partial charge in [-0.2, -0.15) is 5.10 Å². The quantitative estimate of drug-likeness (QED) is 0.443. The molecule has 0 aliphatic heterocycles. The highest BCUT2D eigenvalue weighted by Crippen LogP contribution is 2.09. The summed E-state index contributed by atoms with van der Waals surface area (Å²) in [5.74, 6) is -2.33. The van der Waals surface area contributed by atoms with E-state index in [9.17, 15) is 14.4 Å². The van der Waals surface area contributed by atoms with Gasteiger partial charge in [0.05, 0.1) is 6.21 Å². The summed E-state index contributed by atoms with van der Waals surface area (Å²) in [6.07, 6.45) is 1.44. The number of benzene rings is 1. The van der Waals surface area contributed by atoms with Crippen LogP contribution in [0.25, 0.3) is 0 Å². The van der Waals surface area contributed by atoms with Crippen LogP contribution >= 0.6 is 11.3 Å². The summed E-state index contributed by atoms with van der Waals surface area (Å²) in [6.45, 7) is 0. The lowest BCUT2D eigenvalue weighted by Crippen LogP contribution is -2.32. The van der Waals surface area contributed by atoms with Crippen LogP contribution in [-0.4, -0.2) is 23.9 Å². The highest BCUT2D eigenvalue weighted by Gasteiger charge is 2.13. The molecule has 0 atom stereocenters. The van der Waals surface area contributed by atoms with E-state index in [1.807, 2.05) is 17.5 Å². The third kappa shape index (κ3) is 4.25. The maximum Gasteiger partial charge on any atom is 0.329 e. The van der Waals surface area contributed by atoms with Crippen molar-refractivity contribution >= 4 is 41.0 Å². The number of hydrazone groups is 1. The van der Waals surface area contributed by atoms with E-state index in [-0.39, 0.29) is 0 Å². The Labute approximate surface area is 129 Å². The number of amides is 3. The lowest BCUT2D eigenvalue weighted by Gasteiger charge is -2.04. The van der Waals surface area contributed by atoms with Crippen molar-refractivity contribution in [3.8, 4) is 0 Å². The monoisotopic (exact) mass is 316 g/mol. The summed E-state index contributed by atoms with van der Waals surface area (Å²) < 4.78 is 0. The Morgan fingerprint density at radius 2 is 1.82 bits per heavy atom. The van der Waals surface area contributed by atoms with Gasteiger partial charge in [0.25, 0.3) is 0 Å². The smallest absolute Gasteiger partial charge is 0.329 e. The van der Waals surface area contributed by atoms with Crippen molar-refractivity contribution in [1.82, 2.24) is 5.43 Å². The van der Waals surface area contributed by atoms with Crippen molar-refractivity contribution in [3.63, 3.8) is 0 Å². The highest BCUT2D eigenvalue weighted by molar-refractivity contribution is 7.11. The molecule has 1 aromatic heterocycles. The van der Waals surface area contributed by atoms with Gasteiger partial charge in [-0.1, -0.05) is 6.07 Å². The summed E-state index contributed by atoms with van der Waals surface area (Å²) in [5, 5.41) is 7.92. The third-order valence-corrected chi connectivity index (χ3v) is 3.34. The average Bonchev–Trinajstić information content (AvgIpc) is 3.01. The SMILES string of the molecule is NC(=O)c1ccc(NC(=O)C(=O)N/N=C/c2cccs2)cc1. The van der Waals surface area contributed by atoms with Crippen LogP contribution in [0.1, 0.15) is 15.2 Å². The maximum atomic E-state index is 11.6. The maximum absolute atomic E-state index is 11.6. The second kappa shape index (κ2) is 7.14. The molecule has 2 aromatic rings. The van der Waals surface area contributed by atoms with Crippen LogP contribution in [0, 0.1) is 0 Å². The van der Waals surface area contributed by atoms with E-state index in [0.717, 1.165) is 4.88 Å². The van der Waals surface area contributed by atoms with Crippen LogP contribution in [0.4, 0.5) is 5.69 Å². The van der Waals surface area contributed by atoms with Crippen molar-refractivity contribution in [2.75, 3.05) is 5.32 Å². The first-order chi connectivity index (χ1) is 10.6. The lowest BCUT2D eigenvalue weighted by molar-refractivity contribution is -0.136. The van der Waals surface area contributed by atoms with E-state index in [0.29, 0.717) is 11.3 Å². The molecule has 0 aliphatic carbocycles. The Bertz CT molecular complexity index is 708. The highest BCUT2D eigenvalue weighted by atomic mass is 32.1. The largest absolute Gasteiger partial charge is 0.366 e. The van der Waals surface area contributed by atoms with Crippen LogP contribution in [0.3, 0.4) is 0 Å². The predicted molar refractivity (Wildman–Crippen MR) is 83.6 cm³/mol. The Hall–Kier alpha value is -3.00. The molecule has 1 aromatic carbocycles. The van der Waals surface area contributed by atoms with E-state index < -0.39 is 17.7 Å². The van der Waals surface area contributed by atoms with Crippen molar-refractivity contribution in [1.29, 1.82) is 0 Å². The van der Waals surface area contributed by atoms with Gasteiger partial charge in [-0.15, -0.1) is 11.3 Å². The minimum atomic E-state index is -0.896. The topological polar surface area (TPSA) is 114 Å². The van der Waals surface area contributed by atoms with Crippen LogP contribution in [-0.2, 0) is 9.59 Å². The predicted octanol–water partition coefficient (Wildman–Crippen LogP) is 0.936. The average molecular weight is 316 g/mol. The third-order valence-electron chi connectivity index (χ3n) is 2.53. The zero-order valence-electron chi connectivity index (χ0n) is 11.3. The van der Waals surface area contributed by atoms with Crippen molar-refractivity contribution in [3.05, 3.63) is 52.2 Å². The molecule has 1 heterocycles. The fourth-order valence-electron chi connectivity index (χ4n) is 1.48. The molecule has 0 aliphatic rings. The van der Waals surface area contributed by atoms with E-state index >= 15 is 0 Å². The first kappa shape index (κ1) is 15.4. The summed E-state index contributed by atoms with van der Waals surface area (Å²) >= 11 is 1.45. The van der Waals surface area contributed by atoms with E-state index in [4.69, 9.17) is 5.73 Å². The van der Waals surface area contributed by atoms with Gasteiger partial charge in [-0.05, 0) is 35.7 Å². The van der Waals surface area contributed by atoms with Gasteiger partial charge in [-0.25, -0.2) is 5.43 Å². The molecule has 0 spiro atoms. The fraction of sp³-hybridized carbons (Fsp3) is 0. The van der Waals surface area contributed by atoms with Crippen LogP contribution in [0.5, 0.6) is 0 Å². The Morgan fingerprint density at radius 1 is 1.09 bits per heavy atom. The van der Waals surface area contributed by atoms with Crippen LogP contribution < -0.4 is 16.5 Å². The Balaban J connectivity index is 1.88. The molecular weight excluding hydrogens is 304 g/mol. The van der Waals surface area contributed by atoms with Gasteiger partial charge < -0.3 is 11.1 Å². The van der Waals surface area contributed by atoms with E-state index in [1.54, 1.807) is 0 Å². The Kier molecular flexibility index (Phi) is 4.99. The van der Waals surface area contributed by atoms with E-state index in [2.05, 4.69) is 15.8 Å². The van der Waals surface area contributed by atoms with Crippen molar-refractivity contribution in [2.24, 2.45) is 10.8 Å². The molecular formula is C14H12N4O3S. The number of carbonyl (C=O) groups excluding carboxylic acids is 3. The van der Waals surface area contributed by atoms with Crippen LogP contribution in [0.15, 0.2) is 46.9 Å². The number of anilines is 1. The molecule has 0 bridgehead atoms. The number of primary amides is 1. The number of nitrogens with two attached hydrogens (primary N) is 1. The lowest BCUT2D eigenvalue weighted by atomic mass is 10.2. The van der Waals surface area contributed by atoms with E-state index in [1.165, 1.54) is 41.8 Å². The second-order valence-electron chi connectivity index (χ2n) is 4.11. The molecule has 112 valence electrons. The molecule has 0 unspecified atom stereocenters. The van der Waals surface area contributed by atoms with Gasteiger partial charge >= 0.3 is 11.8 Å². The molecule has 7 nitrogen and oxygen atoms in total. The molecule has 22 heavy (non-hydrogen) atoms. The fourth-order valence-corrected chi connectivity index (χ4v) is 2.06. The number of nitrogens with one attached hydrogen (secondary N) is 2. The second-order valence-corrected chi connectivity index (χ2v) is 5.09. The number of thiophene rings is 1. The molecule has 0 fully saturated rings. The van der Waals surface area contributed by atoms with Gasteiger partial charge in [0.15, 0.2) is 0 Å². The summed E-state index contributed by atoms with van der Waals surface area (Å²) in [6, 6.07) is 9.51. The minimum Gasteiger partial charge on any atom is -0.366 e. The molecule has 4 N–H and O–H groups in total. The molecule has 8 heteroatoms. The standard InChI is InChI=1S/C14H12N4O3S/c15-12(19)9-3-5-10(6-4-9)17-13(20)14(21)18-16-8-11-2-1-7-22-11/h1-8H,(H2,15,19)(H,17,20)(H,18,21)/b16-8+.